The number of carbonyl (C=O) groups excluding carboxylic acids is 1. The van der Waals surface area contributed by atoms with Gasteiger partial charge in [0.2, 0.25) is 5.91 Å². The molecule has 1 amide bonds. The van der Waals surface area contributed by atoms with E-state index >= 15 is 0 Å². The first kappa shape index (κ1) is 18.6. The van der Waals surface area contributed by atoms with Crippen LogP contribution in [-0.2, 0) is 4.79 Å². The van der Waals surface area contributed by atoms with Gasteiger partial charge >= 0.3 is 0 Å². The number of guanidine groups is 1. The molecule has 6 heteroatoms. The molecule has 1 saturated heterocycles. The normalized spacial score (nSPS) is 19.5. The number of carbonyl (C=O) groups is 1. The van der Waals surface area contributed by atoms with E-state index in [0.29, 0.717) is 12.0 Å². The summed E-state index contributed by atoms with van der Waals surface area (Å²) >= 11 is 1.97. The van der Waals surface area contributed by atoms with Gasteiger partial charge in [-0.15, -0.1) is 0 Å². The molecular weight excluding hydrogens is 320 g/mol. The number of likely N-dealkylation sites (N-methyl/N-ethyl adjacent to an activating group) is 1. The van der Waals surface area contributed by atoms with Crippen molar-refractivity contribution in [3.05, 3.63) is 35.9 Å². The van der Waals surface area contributed by atoms with Crippen molar-refractivity contribution in [2.24, 2.45) is 4.99 Å². The lowest BCUT2D eigenvalue weighted by molar-refractivity contribution is -0.127. The SMILES string of the molecule is C[C@H](NC(=NCC(=O)N(C)C)N[C@H]1CCCSC1)c1ccccc1. The van der Waals surface area contributed by atoms with E-state index in [-0.39, 0.29) is 18.5 Å². The molecule has 0 unspecified atom stereocenters. The van der Waals surface area contributed by atoms with E-state index in [1.165, 1.54) is 17.7 Å². The molecule has 132 valence electrons. The number of thioether (sulfide) groups is 1. The molecule has 0 saturated carbocycles. The van der Waals surface area contributed by atoms with Gasteiger partial charge in [-0.25, -0.2) is 4.99 Å². The molecule has 0 aromatic heterocycles. The molecule has 2 N–H and O–H groups in total. The molecule has 1 aromatic carbocycles. The van der Waals surface area contributed by atoms with E-state index in [1.54, 1.807) is 19.0 Å². The van der Waals surface area contributed by atoms with E-state index in [4.69, 9.17) is 0 Å². The largest absolute Gasteiger partial charge is 0.353 e. The second-order valence-electron chi connectivity index (χ2n) is 6.29. The highest BCUT2D eigenvalue weighted by Crippen LogP contribution is 2.17. The summed E-state index contributed by atoms with van der Waals surface area (Å²) in [7, 11) is 3.51. The van der Waals surface area contributed by atoms with Gasteiger partial charge in [0.15, 0.2) is 5.96 Å². The highest BCUT2D eigenvalue weighted by molar-refractivity contribution is 7.99. The van der Waals surface area contributed by atoms with Gasteiger partial charge in [-0.2, -0.15) is 11.8 Å². The van der Waals surface area contributed by atoms with Crippen LogP contribution >= 0.6 is 11.8 Å². The minimum Gasteiger partial charge on any atom is -0.353 e. The molecule has 1 aliphatic rings. The highest BCUT2D eigenvalue weighted by atomic mass is 32.2. The van der Waals surface area contributed by atoms with Crippen molar-refractivity contribution >= 4 is 23.6 Å². The predicted octanol–water partition coefficient (Wildman–Crippen LogP) is 2.27. The van der Waals surface area contributed by atoms with Gasteiger partial charge in [-0.05, 0) is 31.1 Å². The lowest BCUT2D eigenvalue weighted by Gasteiger charge is -2.26. The number of rotatable bonds is 5. The Balaban J connectivity index is 2.03. The maximum atomic E-state index is 11.9. The fourth-order valence-corrected chi connectivity index (χ4v) is 3.57. The summed E-state index contributed by atoms with van der Waals surface area (Å²) in [6, 6.07) is 10.8. The Labute approximate surface area is 149 Å². The van der Waals surface area contributed by atoms with Crippen LogP contribution in [0.15, 0.2) is 35.3 Å². The maximum Gasteiger partial charge on any atom is 0.243 e. The van der Waals surface area contributed by atoms with Gasteiger partial charge < -0.3 is 15.5 Å². The minimum absolute atomic E-state index is 0.00137. The second-order valence-corrected chi connectivity index (χ2v) is 7.44. The second kappa shape index (κ2) is 9.57. The molecule has 0 radical (unpaired) electrons. The van der Waals surface area contributed by atoms with Gasteiger partial charge in [0, 0.05) is 25.9 Å². The van der Waals surface area contributed by atoms with Crippen LogP contribution in [0.2, 0.25) is 0 Å². The van der Waals surface area contributed by atoms with Crippen molar-refractivity contribution in [3.8, 4) is 0 Å². The zero-order valence-corrected chi connectivity index (χ0v) is 15.6. The molecular formula is C18H28N4OS. The Morgan fingerprint density at radius 1 is 1.38 bits per heavy atom. The zero-order valence-electron chi connectivity index (χ0n) is 14.8. The summed E-state index contributed by atoms with van der Waals surface area (Å²) in [4.78, 5) is 17.9. The van der Waals surface area contributed by atoms with Gasteiger partial charge in [0.05, 0.1) is 6.04 Å². The molecule has 1 heterocycles. The first-order valence-corrected chi connectivity index (χ1v) is 9.62. The Bertz CT molecular complexity index is 541. The van der Waals surface area contributed by atoms with Gasteiger partial charge in [-0.1, -0.05) is 30.3 Å². The van der Waals surface area contributed by atoms with Crippen molar-refractivity contribution < 1.29 is 4.79 Å². The molecule has 1 aromatic rings. The third-order valence-corrected chi connectivity index (χ3v) is 5.24. The molecule has 1 aliphatic heterocycles. The molecule has 1 fully saturated rings. The van der Waals surface area contributed by atoms with Crippen LogP contribution in [-0.4, -0.2) is 55.0 Å². The van der Waals surface area contributed by atoms with E-state index in [1.807, 2.05) is 30.0 Å². The van der Waals surface area contributed by atoms with Crippen LogP contribution in [0.1, 0.15) is 31.4 Å². The van der Waals surface area contributed by atoms with E-state index < -0.39 is 0 Å². The lowest BCUT2D eigenvalue weighted by Crippen LogP contribution is -2.46. The van der Waals surface area contributed by atoms with Crippen molar-refractivity contribution in [3.63, 3.8) is 0 Å². The quantitative estimate of drug-likeness (QED) is 0.633. The predicted molar refractivity (Wildman–Crippen MR) is 102 cm³/mol. The Kier molecular flexibility index (Phi) is 7.43. The monoisotopic (exact) mass is 348 g/mol. The molecule has 2 rings (SSSR count). The van der Waals surface area contributed by atoms with E-state index in [2.05, 4.69) is 34.7 Å². The molecule has 0 spiro atoms. The lowest BCUT2D eigenvalue weighted by atomic mass is 10.1. The van der Waals surface area contributed by atoms with Crippen molar-refractivity contribution in [1.82, 2.24) is 15.5 Å². The van der Waals surface area contributed by atoms with Crippen LogP contribution in [0.25, 0.3) is 0 Å². The number of nitrogens with zero attached hydrogens (tertiary/aromatic N) is 2. The zero-order chi connectivity index (χ0) is 17.4. The fourth-order valence-electron chi connectivity index (χ4n) is 2.50. The number of benzene rings is 1. The number of aliphatic imine (C=N–C) groups is 1. The average Bonchev–Trinajstić information content (AvgIpc) is 2.60. The Morgan fingerprint density at radius 2 is 2.12 bits per heavy atom. The van der Waals surface area contributed by atoms with Crippen LogP contribution in [0.3, 0.4) is 0 Å². The number of hydrogen-bond acceptors (Lipinski definition) is 3. The van der Waals surface area contributed by atoms with Crippen molar-refractivity contribution in [1.29, 1.82) is 0 Å². The molecule has 0 bridgehead atoms. The Hall–Kier alpha value is -1.69. The number of nitrogens with one attached hydrogen (secondary N) is 2. The van der Waals surface area contributed by atoms with Gasteiger partial charge in [-0.3, -0.25) is 4.79 Å². The fraction of sp³-hybridized carbons (Fsp3) is 0.556. The van der Waals surface area contributed by atoms with E-state index in [9.17, 15) is 4.79 Å². The Morgan fingerprint density at radius 3 is 2.75 bits per heavy atom. The molecule has 0 aliphatic carbocycles. The molecule has 24 heavy (non-hydrogen) atoms. The minimum atomic E-state index is 0.00137. The average molecular weight is 349 g/mol. The topological polar surface area (TPSA) is 56.7 Å². The third-order valence-electron chi connectivity index (χ3n) is 4.03. The van der Waals surface area contributed by atoms with Crippen LogP contribution in [0, 0.1) is 0 Å². The van der Waals surface area contributed by atoms with Crippen LogP contribution in [0.5, 0.6) is 0 Å². The highest BCUT2D eigenvalue weighted by Gasteiger charge is 2.17. The summed E-state index contributed by atoms with van der Waals surface area (Å²) in [6.07, 6.45) is 2.37. The number of hydrogen-bond donors (Lipinski definition) is 2. The first-order chi connectivity index (χ1) is 11.6. The smallest absolute Gasteiger partial charge is 0.243 e. The van der Waals surface area contributed by atoms with Gasteiger partial charge in [0.1, 0.15) is 6.54 Å². The third kappa shape index (κ3) is 6.07. The summed E-state index contributed by atoms with van der Waals surface area (Å²) in [6.45, 7) is 2.26. The summed E-state index contributed by atoms with van der Waals surface area (Å²) in [5.41, 5.74) is 1.20. The maximum absolute atomic E-state index is 11.9. The molecule has 2 atom stereocenters. The summed E-state index contributed by atoms with van der Waals surface area (Å²) < 4.78 is 0. The molecule has 5 nitrogen and oxygen atoms in total. The van der Waals surface area contributed by atoms with Gasteiger partial charge in [0.25, 0.3) is 0 Å². The van der Waals surface area contributed by atoms with Crippen molar-refractivity contribution in [2.75, 3.05) is 32.1 Å². The van der Waals surface area contributed by atoms with Crippen LogP contribution in [0.4, 0.5) is 0 Å². The summed E-state index contributed by atoms with van der Waals surface area (Å²) in [5, 5.41) is 6.93. The summed E-state index contributed by atoms with van der Waals surface area (Å²) in [5.74, 6) is 3.04. The van der Waals surface area contributed by atoms with Crippen LogP contribution < -0.4 is 10.6 Å². The number of amides is 1. The van der Waals surface area contributed by atoms with Crippen molar-refractivity contribution in [2.45, 2.75) is 31.8 Å². The standard InChI is InChI=1S/C18H28N4OS/c1-14(15-8-5-4-6-9-15)20-18(19-12-17(23)22(2)3)21-16-10-7-11-24-13-16/h4-6,8-9,14,16H,7,10-13H2,1-3H3,(H2,19,20,21)/t14-,16-/m0/s1. The first-order valence-electron chi connectivity index (χ1n) is 8.46. The van der Waals surface area contributed by atoms with E-state index in [0.717, 1.165) is 12.2 Å².